The highest BCUT2D eigenvalue weighted by Crippen LogP contribution is 2.29. The summed E-state index contributed by atoms with van der Waals surface area (Å²) in [4.78, 5) is 0. The van der Waals surface area contributed by atoms with Gasteiger partial charge in [0.1, 0.15) is 17.3 Å². The fourth-order valence-electron chi connectivity index (χ4n) is 2.06. The molecule has 0 fully saturated rings. The lowest BCUT2D eigenvalue weighted by molar-refractivity contribution is 0.470. The van der Waals surface area contributed by atoms with E-state index in [1.54, 1.807) is 6.07 Å². The Morgan fingerprint density at radius 1 is 1.24 bits per heavy atom. The van der Waals surface area contributed by atoms with Gasteiger partial charge in [-0.2, -0.15) is 0 Å². The van der Waals surface area contributed by atoms with Gasteiger partial charge in [0.25, 0.3) is 0 Å². The molecule has 0 saturated carbocycles. The summed E-state index contributed by atoms with van der Waals surface area (Å²) in [5.74, 6) is 0.782. The SMILES string of the molecule is CCC(N)Cc1cc(C)ccc1Oc1ccc(F)c(Cl)c1. The number of hydrogen-bond acceptors (Lipinski definition) is 2. The molecule has 1 atom stereocenters. The molecule has 2 aromatic rings. The molecule has 21 heavy (non-hydrogen) atoms. The van der Waals surface area contributed by atoms with Gasteiger partial charge in [-0.3, -0.25) is 0 Å². The summed E-state index contributed by atoms with van der Waals surface area (Å²) in [5.41, 5.74) is 8.23. The summed E-state index contributed by atoms with van der Waals surface area (Å²) in [7, 11) is 0. The van der Waals surface area contributed by atoms with Crippen LogP contribution in [0.1, 0.15) is 24.5 Å². The van der Waals surface area contributed by atoms with Crippen LogP contribution in [0.5, 0.6) is 11.5 Å². The van der Waals surface area contributed by atoms with Crippen LogP contribution in [0.15, 0.2) is 36.4 Å². The molecule has 0 amide bonds. The first-order chi connectivity index (χ1) is 9.99. The Kier molecular flexibility index (Phi) is 5.21. The Labute approximate surface area is 129 Å². The van der Waals surface area contributed by atoms with E-state index < -0.39 is 5.82 Å². The number of halogens is 2. The first kappa shape index (κ1) is 15.8. The molecule has 0 heterocycles. The molecular formula is C17H19ClFNO. The molecule has 2 aromatic carbocycles. The molecule has 0 radical (unpaired) electrons. The van der Waals surface area contributed by atoms with Gasteiger partial charge in [-0.15, -0.1) is 0 Å². The van der Waals surface area contributed by atoms with Crippen LogP contribution in [0.25, 0.3) is 0 Å². The van der Waals surface area contributed by atoms with E-state index in [2.05, 4.69) is 13.0 Å². The molecule has 2 N–H and O–H groups in total. The minimum Gasteiger partial charge on any atom is -0.457 e. The number of nitrogens with two attached hydrogens (primary N) is 1. The summed E-state index contributed by atoms with van der Waals surface area (Å²) < 4.78 is 19.0. The predicted octanol–water partition coefficient (Wildman–Crippen LogP) is 4.86. The molecule has 2 rings (SSSR count). The van der Waals surface area contributed by atoms with Crippen molar-refractivity contribution in [2.75, 3.05) is 0 Å². The topological polar surface area (TPSA) is 35.2 Å². The van der Waals surface area contributed by atoms with E-state index in [0.717, 1.165) is 29.7 Å². The van der Waals surface area contributed by atoms with Gasteiger partial charge >= 0.3 is 0 Å². The molecule has 0 aliphatic heterocycles. The molecule has 1 unspecified atom stereocenters. The van der Waals surface area contributed by atoms with Crippen LogP contribution in [-0.4, -0.2) is 6.04 Å². The number of hydrogen-bond donors (Lipinski definition) is 1. The molecular weight excluding hydrogens is 289 g/mol. The van der Waals surface area contributed by atoms with Crippen molar-refractivity contribution in [3.05, 3.63) is 58.4 Å². The lowest BCUT2D eigenvalue weighted by Crippen LogP contribution is -2.21. The highest BCUT2D eigenvalue weighted by molar-refractivity contribution is 6.30. The van der Waals surface area contributed by atoms with Crippen LogP contribution < -0.4 is 10.5 Å². The van der Waals surface area contributed by atoms with E-state index in [1.807, 2.05) is 19.1 Å². The van der Waals surface area contributed by atoms with E-state index >= 15 is 0 Å². The van der Waals surface area contributed by atoms with Crippen molar-refractivity contribution in [2.45, 2.75) is 32.7 Å². The van der Waals surface area contributed by atoms with Crippen molar-refractivity contribution >= 4 is 11.6 Å². The normalized spacial score (nSPS) is 12.2. The molecule has 0 bridgehead atoms. The fourth-order valence-corrected chi connectivity index (χ4v) is 2.23. The number of ether oxygens (including phenoxy) is 1. The van der Waals surface area contributed by atoms with Crippen LogP contribution in [0.3, 0.4) is 0 Å². The van der Waals surface area contributed by atoms with Gasteiger partial charge in [-0.05, 0) is 43.5 Å². The van der Waals surface area contributed by atoms with Crippen molar-refractivity contribution in [2.24, 2.45) is 5.73 Å². The second kappa shape index (κ2) is 6.92. The molecule has 112 valence electrons. The van der Waals surface area contributed by atoms with Gasteiger partial charge in [-0.1, -0.05) is 36.2 Å². The third kappa shape index (κ3) is 4.19. The predicted molar refractivity (Wildman–Crippen MR) is 84.6 cm³/mol. The van der Waals surface area contributed by atoms with E-state index in [1.165, 1.54) is 12.1 Å². The Morgan fingerprint density at radius 3 is 2.67 bits per heavy atom. The first-order valence-electron chi connectivity index (χ1n) is 6.97. The second-order valence-corrected chi connectivity index (χ2v) is 5.57. The van der Waals surface area contributed by atoms with Crippen molar-refractivity contribution in [3.63, 3.8) is 0 Å². The number of rotatable bonds is 5. The zero-order chi connectivity index (χ0) is 15.4. The fraction of sp³-hybridized carbons (Fsp3) is 0.294. The third-order valence-corrected chi connectivity index (χ3v) is 3.63. The van der Waals surface area contributed by atoms with Crippen LogP contribution in [0.2, 0.25) is 5.02 Å². The molecule has 0 aliphatic rings. The largest absolute Gasteiger partial charge is 0.457 e. The summed E-state index contributed by atoms with van der Waals surface area (Å²) in [5, 5.41) is 0.0476. The Bertz CT molecular complexity index is 630. The van der Waals surface area contributed by atoms with Gasteiger partial charge in [0.15, 0.2) is 0 Å². The summed E-state index contributed by atoms with van der Waals surface area (Å²) in [6, 6.07) is 10.4. The van der Waals surface area contributed by atoms with E-state index in [4.69, 9.17) is 22.1 Å². The maximum absolute atomic E-state index is 13.2. The lowest BCUT2D eigenvalue weighted by atomic mass is 10.0. The maximum atomic E-state index is 13.2. The molecule has 4 heteroatoms. The molecule has 0 aliphatic carbocycles. The van der Waals surface area contributed by atoms with E-state index in [9.17, 15) is 4.39 Å². The maximum Gasteiger partial charge on any atom is 0.142 e. The van der Waals surface area contributed by atoms with Gasteiger partial charge in [0.05, 0.1) is 5.02 Å². The monoisotopic (exact) mass is 307 g/mol. The smallest absolute Gasteiger partial charge is 0.142 e. The number of benzene rings is 2. The van der Waals surface area contributed by atoms with Crippen molar-refractivity contribution < 1.29 is 9.13 Å². The van der Waals surface area contributed by atoms with Gasteiger partial charge in [0, 0.05) is 12.1 Å². The van der Waals surface area contributed by atoms with Crippen molar-refractivity contribution in [3.8, 4) is 11.5 Å². The molecule has 0 spiro atoms. The molecule has 0 aromatic heterocycles. The number of aryl methyl sites for hydroxylation is 1. The standard InChI is InChI=1S/C17H19ClFNO/c1-3-13(20)9-12-8-11(2)4-7-17(12)21-14-5-6-16(19)15(18)10-14/h4-8,10,13H,3,9,20H2,1-2H3. The second-order valence-electron chi connectivity index (χ2n) is 5.16. The van der Waals surface area contributed by atoms with Crippen molar-refractivity contribution in [1.29, 1.82) is 0 Å². The quantitative estimate of drug-likeness (QED) is 0.856. The average molecular weight is 308 g/mol. The van der Waals surface area contributed by atoms with Crippen LogP contribution in [0, 0.1) is 12.7 Å². The first-order valence-corrected chi connectivity index (χ1v) is 7.35. The lowest BCUT2D eigenvalue weighted by Gasteiger charge is -2.15. The van der Waals surface area contributed by atoms with Crippen LogP contribution in [-0.2, 0) is 6.42 Å². The summed E-state index contributed by atoms with van der Waals surface area (Å²) in [6.07, 6.45) is 1.64. The molecule has 2 nitrogen and oxygen atoms in total. The third-order valence-electron chi connectivity index (χ3n) is 3.34. The van der Waals surface area contributed by atoms with Crippen LogP contribution in [0.4, 0.5) is 4.39 Å². The highest BCUT2D eigenvalue weighted by atomic mass is 35.5. The zero-order valence-corrected chi connectivity index (χ0v) is 13.0. The van der Waals surface area contributed by atoms with Gasteiger partial charge in [-0.25, -0.2) is 4.39 Å². The van der Waals surface area contributed by atoms with Gasteiger partial charge < -0.3 is 10.5 Å². The zero-order valence-electron chi connectivity index (χ0n) is 12.2. The minimum atomic E-state index is -0.457. The van der Waals surface area contributed by atoms with Crippen molar-refractivity contribution in [1.82, 2.24) is 0 Å². The summed E-state index contributed by atoms with van der Waals surface area (Å²) in [6.45, 7) is 4.08. The summed E-state index contributed by atoms with van der Waals surface area (Å²) >= 11 is 5.78. The Balaban J connectivity index is 2.28. The Hall–Kier alpha value is -1.58. The van der Waals surface area contributed by atoms with E-state index in [0.29, 0.717) is 5.75 Å². The van der Waals surface area contributed by atoms with Crippen LogP contribution >= 0.6 is 11.6 Å². The highest BCUT2D eigenvalue weighted by Gasteiger charge is 2.10. The Morgan fingerprint density at radius 2 is 2.00 bits per heavy atom. The van der Waals surface area contributed by atoms with Gasteiger partial charge in [0.2, 0.25) is 0 Å². The average Bonchev–Trinajstić information content (AvgIpc) is 2.45. The van der Waals surface area contributed by atoms with E-state index in [-0.39, 0.29) is 11.1 Å². The minimum absolute atomic E-state index is 0.0476. The molecule has 0 saturated heterocycles.